The summed E-state index contributed by atoms with van der Waals surface area (Å²) in [6, 6.07) is 3.50. The van der Waals surface area contributed by atoms with Gasteiger partial charge in [-0.15, -0.1) is 0 Å². The van der Waals surface area contributed by atoms with Crippen molar-refractivity contribution in [2.75, 3.05) is 13.2 Å². The molecule has 0 aromatic carbocycles. The van der Waals surface area contributed by atoms with Crippen molar-refractivity contribution in [2.24, 2.45) is 0 Å². The maximum Gasteiger partial charge on any atom is 0.326 e. The molecule has 1 aliphatic heterocycles. The number of thioether (sulfide) groups is 1. The summed E-state index contributed by atoms with van der Waals surface area (Å²) in [5, 5.41) is -0.481. The summed E-state index contributed by atoms with van der Waals surface area (Å²) in [5.41, 5.74) is 0. The number of esters is 1. The van der Waals surface area contributed by atoms with Gasteiger partial charge in [-0.05, 0) is 43.0 Å². The molecule has 1 aromatic heterocycles. The zero-order valence-electron chi connectivity index (χ0n) is 11.3. The molecule has 1 saturated heterocycles. The molecule has 2 heterocycles. The van der Waals surface area contributed by atoms with Crippen molar-refractivity contribution < 1.29 is 23.5 Å². The van der Waals surface area contributed by atoms with Gasteiger partial charge in [0.2, 0.25) is 0 Å². The fourth-order valence-corrected chi connectivity index (χ4v) is 2.39. The maximum atomic E-state index is 12.0. The minimum atomic E-state index is -0.604. The van der Waals surface area contributed by atoms with Crippen LogP contribution in [0.3, 0.4) is 0 Å². The summed E-state index contributed by atoms with van der Waals surface area (Å²) in [5.74, 6) is -0.466. The average Bonchev–Trinajstić information content (AvgIpc) is 3.04. The lowest BCUT2D eigenvalue weighted by atomic mass is 10.3. The molecule has 2 amide bonds. The Kier molecular flexibility index (Phi) is 4.99. The van der Waals surface area contributed by atoms with Gasteiger partial charge in [-0.3, -0.25) is 19.3 Å². The first-order chi connectivity index (χ1) is 10.1. The Labute approximate surface area is 125 Å². The third-order valence-corrected chi connectivity index (χ3v) is 3.44. The number of furan rings is 1. The number of amides is 2. The Morgan fingerprint density at radius 1 is 1.48 bits per heavy atom. The van der Waals surface area contributed by atoms with Crippen LogP contribution < -0.4 is 0 Å². The van der Waals surface area contributed by atoms with Crippen LogP contribution in [0.5, 0.6) is 0 Å². The van der Waals surface area contributed by atoms with Gasteiger partial charge in [0.1, 0.15) is 12.3 Å². The van der Waals surface area contributed by atoms with Crippen molar-refractivity contribution in [3.05, 3.63) is 41.2 Å². The lowest BCUT2D eigenvalue weighted by Gasteiger charge is -2.10. The Hall–Kier alpha value is -2.28. The van der Waals surface area contributed by atoms with E-state index in [9.17, 15) is 14.4 Å². The van der Waals surface area contributed by atoms with Crippen LogP contribution in [0.4, 0.5) is 4.79 Å². The molecule has 0 N–H and O–H groups in total. The lowest BCUT2D eigenvalue weighted by Crippen LogP contribution is -2.34. The SMILES string of the molecule is CCOC(=O)CN1C(=O)S/C(=C/C=C/c2ccco2)C1=O. The highest BCUT2D eigenvalue weighted by Crippen LogP contribution is 2.30. The van der Waals surface area contributed by atoms with Crippen LogP contribution in [0, 0.1) is 0 Å². The van der Waals surface area contributed by atoms with Crippen molar-refractivity contribution in [3.63, 3.8) is 0 Å². The molecular formula is C14H13NO5S. The number of ether oxygens (including phenoxy) is 1. The minimum Gasteiger partial charge on any atom is -0.465 e. The third kappa shape index (κ3) is 3.85. The topological polar surface area (TPSA) is 76.8 Å². The van der Waals surface area contributed by atoms with Gasteiger partial charge >= 0.3 is 5.97 Å². The van der Waals surface area contributed by atoms with Gasteiger partial charge in [0, 0.05) is 0 Å². The number of allylic oxidation sites excluding steroid dienone is 2. The van der Waals surface area contributed by atoms with Crippen LogP contribution in [-0.2, 0) is 14.3 Å². The summed E-state index contributed by atoms with van der Waals surface area (Å²) in [6.07, 6.45) is 6.32. The summed E-state index contributed by atoms with van der Waals surface area (Å²) in [7, 11) is 0. The van der Waals surface area contributed by atoms with Crippen molar-refractivity contribution in [1.82, 2.24) is 4.90 Å². The number of carbonyl (C=O) groups is 3. The number of hydrogen-bond donors (Lipinski definition) is 0. The molecule has 0 radical (unpaired) electrons. The largest absolute Gasteiger partial charge is 0.465 e. The van der Waals surface area contributed by atoms with E-state index in [-0.39, 0.29) is 18.1 Å². The molecule has 2 rings (SSSR count). The number of hydrogen-bond acceptors (Lipinski definition) is 6. The molecule has 0 saturated carbocycles. The molecule has 6 nitrogen and oxygen atoms in total. The zero-order valence-corrected chi connectivity index (χ0v) is 12.1. The van der Waals surface area contributed by atoms with Crippen LogP contribution in [-0.4, -0.2) is 35.2 Å². The van der Waals surface area contributed by atoms with Gasteiger partial charge in [-0.2, -0.15) is 0 Å². The van der Waals surface area contributed by atoms with Crippen molar-refractivity contribution in [2.45, 2.75) is 6.92 Å². The Balaban J connectivity index is 2.02. The van der Waals surface area contributed by atoms with Crippen molar-refractivity contribution >= 4 is 35.0 Å². The fraction of sp³-hybridized carbons (Fsp3) is 0.214. The molecule has 0 bridgehead atoms. The Morgan fingerprint density at radius 3 is 2.95 bits per heavy atom. The molecule has 0 aliphatic carbocycles. The molecule has 0 spiro atoms. The molecule has 110 valence electrons. The zero-order chi connectivity index (χ0) is 15.2. The standard InChI is InChI=1S/C14H13NO5S/c1-2-19-12(16)9-15-13(17)11(21-14(15)18)7-3-5-10-6-4-8-20-10/h3-8H,2,9H2,1H3/b5-3+,11-7+. The number of imide groups is 1. The molecular weight excluding hydrogens is 294 g/mol. The Morgan fingerprint density at radius 2 is 2.29 bits per heavy atom. The molecule has 1 aliphatic rings. The Bertz CT molecular complexity index is 603. The van der Waals surface area contributed by atoms with E-state index < -0.39 is 17.1 Å². The second-order valence-electron chi connectivity index (χ2n) is 3.97. The lowest BCUT2D eigenvalue weighted by molar-refractivity contribution is -0.146. The number of rotatable bonds is 5. The molecule has 1 aromatic rings. The van der Waals surface area contributed by atoms with Gasteiger partial charge < -0.3 is 9.15 Å². The van der Waals surface area contributed by atoms with E-state index in [0.29, 0.717) is 5.76 Å². The van der Waals surface area contributed by atoms with Gasteiger partial charge in [-0.1, -0.05) is 6.08 Å². The smallest absolute Gasteiger partial charge is 0.326 e. The van der Waals surface area contributed by atoms with E-state index in [1.54, 1.807) is 31.2 Å². The van der Waals surface area contributed by atoms with Crippen LogP contribution in [0.15, 0.2) is 39.9 Å². The molecule has 0 atom stereocenters. The minimum absolute atomic E-state index is 0.205. The first-order valence-corrected chi connectivity index (χ1v) is 7.04. The fourth-order valence-electron chi connectivity index (χ4n) is 1.60. The molecule has 7 heteroatoms. The molecule has 21 heavy (non-hydrogen) atoms. The van der Waals surface area contributed by atoms with Gasteiger partial charge in [-0.25, -0.2) is 0 Å². The highest BCUT2D eigenvalue weighted by atomic mass is 32.2. The summed E-state index contributed by atoms with van der Waals surface area (Å²) in [6.45, 7) is 1.50. The van der Waals surface area contributed by atoms with Gasteiger partial charge in [0.05, 0.1) is 17.8 Å². The average molecular weight is 307 g/mol. The highest BCUT2D eigenvalue weighted by Gasteiger charge is 2.36. The van der Waals surface area contributed by atoms with Crippen LogP contribution in [0.2, 0.25) is 0 Å². The summed E-state index contributed by atoms with van der Waals surface area (Å²) >= 11 is 0.788. The predicted octanol–water partition coefficient (Wildman–Crippen LogP) is 2.44. The number of carbonyl (C=O) groups excluding carboxylic acids is 3. The first-order valence-electron chi connectivity index (χ1n) is 6.23. The number of nitrogens with zero attached hydrogens (tertiary/aromatic N) is 1. The normalized spacial score (nSPS) is 17.2. The van der Waals surface area contributed by atoms with E-state index >= 15 is 0 Å². The van der Waals surface area contributed by atoms with E-state index in [2.05, 4.69) is 0 Å². The van der Waals surface area contributed by atoms with Gasteiger partial charge in [0.25, 0.3) is 11.1 Å². The summed E-state index contributed by atoms with van der Waals surface area (Å²) < 4.78 is 9.83. The van der Waals surface area contributed by atoms with E-state index in [1.807, 2.05) is 0 Å². The molecule has 1 fully saturated rings. The molecule has 0 unspecified atom stereocenters. The van der Waals surface area contributed by atoms with E-state index in [4.69, 9.17) is 9.15 Å². The monoisotopic (exact) mass is 307 g/mol. The quantitative estimate of drug-likeness (QED) is 0.614. The predicted molar refractivity (Wildman–Crippen MR) is 77.2 cm³/mol. The van der Waals surface area contributed by atoms with Crippen molar-refractivity contribution in [3.8, 4) is 0 Å². The summed E-state index contributed by atoms with van der Waals surface area (Å²) in [4.78, 5) is 36.2. The van der Waals surface area contributed by atoms with E-state index in [1.165, 1.54) is 12.3 Å². The maximum absolute atomic E-state index is 12.0. The second kappa shape index (κ2) is 6.94. The third-order valence-electron chi connectivity index (χ3n) is 2.52. The van der Waals surface area contributed by atoms with Crippen LogP contribution >= 0.6 is 11.8 Å². The van der Waals surface area contributed by atoms with Crippen molar-refractivity contribution in [1.29, 1.82) is 0 Å². The van der Waals surface area contributed by atoms with E-state index in [0.717, 1.165) is 16.7 Å². The van der Waals surface area contributed by atoms with Crippen LogP contribution in [0.25, 0.3) is 6.08 Å². The highest BCUT2D eigenvalue weighted by molar-refractivity contribution is 8.18. The van der Waals surface area contributed by atoms with Gasteiger partial charge in [0.15, 0.2) is 0 Å². The van der Waals surface area contributed by atoms with Crippen LogP contribution in [0.1, 0.15) is 12.7 Å². The first kappa shape index (κ1) is 15.1. The second-order valence-corrected chi connectivity index (χ2v) is 4.96.